The zero-order valence-electron chi connectivity index (χ0n) is 33.5. The number of anilines is 2. The van der Waals surface area contributed by atoms with Gasteiger partial charge >= 0.3 is 0 Å². The average molecular weight is 825 g/mol. The van der Waals surface area contributed by atoms with Crippen LogP contribution in [0.2, 0.25) is 19.6 Å². The standard InChI is InChI=1S/C20H20N6S.C14H12N6S.C9H16Si/c1-13(23-19-17-9-10-27-20(17)22-12-21-19)14-5-7-16(8-6-14)26-11-18(24-25-26)15-3-2-4-15;1-9(10-2-4-11(5-3-10)19-20-15)18-13-12-6-7-21-14(12)17-8-16-13;1-10(2,3)8-7-9-5-4-6-9/h5-13,15H,2-4H2,1H3,(H,21,22,23);2-9H,1H3,(H,16,17,18);9H,4-6H2,1-3H3/t13-;9-;/m00./s1. The van der Waals surface area contributed by atoms with Gasteiger partial charge < -0.3 is 10.6 Å². The van der Waals surface area contributed by atoms with Crippen molar-refractivity contribution < 1.29 is 0 Å². The van der Waals surface area contributed by atoms with Gasteiger partial charge in [-0.15, -0.1) is 39.2 Å². The minimum absolute atomic E-state index is 0.0862. The lowest BCUT2D eigenvalue weighted by atomic mass is 9.83. The van der Waals surface area contributed by atoms with Crippen LogP contribution in [0.1, 0.15) is 87.2 Å². The van der Waals surface area contributed by atoms with Gasteiger partial charge in [0.25, 0.3) is 0 Å². The zero-order chi connectivity index (χ0) is 40.5. The van der Waals surface area contributed by atoms with Crippen molar-refractivity contribution in [1.29, 1.82) is 0 Å². The summed E-state index contributed by atoms with van der Waals surface area (Å²) in [6.45, 7) is 11.1. The largest absolute Gasteiger partial charge is 0.363 e. The third-order valence-corrected chi connectivity index (χ3v) is 12.8. The van der Waals surface area contributed by atoms with Gasteiger partial charge in [0.05, 0.1) is 28.4 Å². The second-order valence-electron chi connectivity index (χ2n) is 15.7. The number of hydrogen-bond acceptors (Lipinski definition) is 11. The van der Waals surface area contributed by atoms with E-state index in [0.29, 0.717) is 11.6 Å². The Bertz CT molecular complexity index is 2530. The van der Waals surface area contributed by atoms with Crippen molar-refractivity contribution >= 4 is 68.5 Å². The van der Waals surface area contributed by atoms with Crippen molar-refractivity contribution in [2.75, 3.05) is 10.6 Å². The lowest BCUT2D eigenvalue weighted by Crippen LogP contribution is -2.18. The van der Waals surface area contributed by atoms with E-state index in [9.17, 15) is 0 Å². The number of fused-ring (bicyclic) bond motifs is 2. The third kappa shape index (κ3) is 10.4. The summed E-state index contributed by atoms with van der Waals surface area (Å²) < 4.78 is 1.87. The number of nitrogens with zero attached hydrogens (tertiary/aromatic N) is 10. The van der Waals surface area contributed by atoms with Crippen LogP contribution in [-0.4, -0.2) is 43.0 Å². The fraction of sp³-hybridized carbons (Fsp3) is 0.349. The highest BCUT2D eigenvalue weighted by atomic mass is 32.1. The van der Waals surface area contributed by atoms with Crippen molar-refractivity contribution in [2.45, 2.75) is 90.0 Å². The van der Waals surface area contributed by atoms with Crippen molar-refractivity contribution in [2.24, 2.45) is 11.0 Å². The molecular weight excluding hydrogens is 777 g/mol. The number of benzene rings is 2. The summed E-state index contributed by atoms with van der Waals surface area (Å²) in [7, 11) is -1.06. The minimum Gasteiger partial charge on any atom is -0.363 e. The van der Waals surface area contributed by atoms with Crippen molar-refractivity contribution in [3.8, 4) is 17.2 Å². The quantitative estimate of drug-likeness (QED) is 0.0479. The van der Waals surface area contributed by atoms with E-state index in [1.54, 1.807) is 47.5 Å². The molecule has 0 radical (unpaired) electrons. The summed E-state index contributed by atoms with van der Waals surface area (Å²) in [5, 5.41) is 25.2. The summed E-state index contributed by atoms with van der Waals surface area (Å²) in [5.74, 6) is 6.44. The molecular formula is C43H48N12S2Si. The Balaban J connectivity index is 0.000000146. The van der Waals surface area contributed by atoms with Gasteiger partial charge in [0.1, 0.15) is 42.0 Å². The van der Waals surface area contributed by atoms with E-state index < -0.39 is 8.07 Å². The first kappa shape index (κ1) is 40.5. The van der Waals surface area contributed by atoms with Crippen LogP contribution in [0.4, 0.5) is 17.3 Å². The first-order valence-corrected chi connectivity index (χ1v) is 25.0. The Morgan fingerprint density at radius 3 is 1.81 bits per heavy atom. The second kappa shape index (κ2) is 18.7. The highest BCUT2D eigenvalue weighted by molar-refractivity contribution is 7.17. The molecule has 296 valence electrons. The molecule has 2 N–H and O–H groups in total. The van der Waals surface area contributed by atoms with Gasteiger partial charge in [-0.05, 0) is 91.2 Å². The fourth-order valence-corrected chi connectivity index (χ4v) is 8.45. The van der Waals surface area contributed by atoms with Gasteiger partial charge in [-0.25, -0.2) is 24.6 Å². The van der Waals surface area contributed by atoms with E-state index in [-0.39, 0.29) is 12.1 Å². The lowest BCUT2D eigenvalue weighted by Gasteiger charge is -2.22. The SMILES string of the molecule is C[C@H](Nc1ncnc2sccc12)c1ccc(-n2cc(C3CCC3)nn2)cc1.C[C@H](Nc1ncnc2sccc12)c1ccc(N=[N+]=[N-])cc1.C[Si](C)(C)C#CC1CCC1. The molecule has 2 aliphatic rings. The van der Waals surface area contributed by atoms with Crippen LogP contribution >= 0.6 is 22.7 Å². The van der Waals surface area contributed by atoms with Crippen molar-refractivity contribution in [3.63, 3.8) is 0 Å². The van der Waals surface area contributed by atoms with E-state index >= 15 is 0 Å². The molecule has 2 aromatic carbocycles. The Hall–Kier alpha value is -5.65. The van der Waals surface area contributed by atoms with Gasteiger partial charge in [-0.2, -0.15) is 0 Å². The van der Waals surface area contributed by atoms with E-state index in [2.05, 4.69) is 132 Å². The molecule has 12 nitrogen and oxygen atoms in total. The Morgan fingerprint density at radius 1 is 0.776 bits per heavy atom. The minimum atomic E-state index is -1.06. The lowest BCUT2D eigenvalue weighted by molar-refractivity contribution is 0.402. The maximum atomic E-state index is 8.41. The maximum absolute atomic E-state index is 8.41. The van der Waals surface area contributed by atoms with Crippen LogP contribution in [0.3, 0.4) is 0 Å². The van der Waals surface area contributed by atoms with Gasteiger partial charge in [0.2, 0.25) is 0 Å². The molecule has 0 bridgehead atoms. The number of nitrogens with one attached hydrogen (secondary N) is 2. The summed E-state index contributed by atoms with van der Waals surface area (Å²) in [6, 6.07) is 20.2. The Kier molecular flexibility index (Phi) is 13.1. The first-order chi connectivity index (χ1) is 28.1. The number of aromatic nitrogens is 7. The molecule has 2 fully saturated rings. The molecule has 0 aliphatic heterocycles. The van der Waals surface area contributed by atoms with E-state index in [1.165, 1.54) is 44.1 Å². The van der Waals surface area contributed by atoms with Gasteiger partial charge in [0, 0.05) is 34.5 Å². The van der Waals surface area contributed by atoms with Crippen molar-refractivity contribution in [3.05, 3.63) is 118 Å². The van der Waals surface area contributed by atoms with Crippen LogP contribution < -0.4 is 10.6 Å². The molecule has 0 saturated heterocycles. The first-order valence-electron chi connectivity index (χ1n) is 19.7. The molecule has 9 rings (SSSR count). The Labute approximate surface area is 348 Å². The molecule has 5 aromatic heterocycles. The molecule has 7 aromatic rings. The van der Waals surface area contributed by atoms with Crippen LogP contribution in [0, 0.1) is 17.4 Å². The monoisotopic (exact) mass is 824 g/mol. The summed E-state index contributed by atoms with van der Waals surface area (Å²) in [4.78, 5) is 22.0. The molecule has 0 spiro atoms. The van der Waals surface area contributed by atoms with E-state index in [4.69, 9.17) is 5.53 Å². The predicted molar refractivity (Wildman–Crippen MR) is 241 cm³/mol. The van der Waals surface area contributed by atoms with E-state index in [1.807, 2.05) is 33.6 Å². The highest BCUT2D eigenvalue weighted by Gasteiger charge is 2.23. The van der Waals surface area contributed by atoms with Gasteiger partial charge in [-0.3, -0.25) is 0 Å². The molecule has 0 unspecified atom stereocenters. The molecule has 2 saturated carbocycles. The van der Waals surface area contributed by atoms with Crippen LogP contribution in [-0.2, 0) is 0 Å². The fourth-order valence-electron chi connectivity index (χ4n) is 6.35. The third-order valence-electron chi connectivity index (χ3n) is 10.2. The van der Waals surface area contributed by atoms with Crippen LogP contribution in [0.25, 0.3) is 36.6 Å². The summed E-state index contributed by atoms with van der Waals surface area (Å²) in [6.07, 6.45) is 13.2. The van der Waals surface area contributed by atoms with Crippen LogP contribution in [0.5, 0.6) is 0 Å². The average Bonchev–Trinajstić information content (AvgIpc) is 3.97. The molecule has 2 atom stereocenters. The topological polar surface area (TPSA) is 155 Å². The molecule has 5 heterocycles. The number of azide groups is 1. The van der Waals surface area contributed by atoms with Gasteiger partial charge in [0.15, 0.2) is 0 Å². The smallest absolute Gasteiger partial charge is 0.138 e. The predicted octanol–water partition coefficient (Wildman–Crippen LogP) is 12.2. The normalized spacial score (nSPS) is 14.8. The zero-order valence-corrected chi connectivity index (χ0v) is 36.1. The molecule has 2 aliphatic carbocycles. The molecule has 15 heteroatoms. The number of rotatable bonds is 9. The van der Waals surface area contributed by atoms with Gasteiger partial charge in [-0.1, -0.05) is 79.2 Å². The summed E-state index contributed by atoms with van der Waals surface area (Å²) >= 11 is 3.22. The number of hydrogen-bond donors (Lipinski definition) is 2. The Morgan fingerprint density at radius 2 is 1.33 bits per heavy atom. The van der Waals surface area contributed by atoms with Crippen LogP contribution in [0.15, 0.2) is 95.4 Å². The molecule has 0 amide bonds. The number of thiophene rings is 2. The summed E-state index contributed by atoms with van der Waals surface area (Å²) in [5.41, 5.74) is 16.9. The highest BCUT2D eigenvalue weighted by Crippen LogP contribution is 2.35. The maximum Gasteiger partial charge on any atom is 0.138 e. The molecule has 58 heavy (non-hydrogen) atoms. The van der Waals surface area contributed by atoms with Crippen molar-refractivity contribution in [1.82, 2.24) is 34.9 Å². The van der Waals surface area contributed by atoms with E-state index in [0.717, 1.165) is 54.9 Å². The second-order valence-corrected chi connectivity index (χ2v) is 22.2.